The lowest BCUT2D eigenvalue weighted by atomic mass is 10.2. The van der Waals surface area contributed by atoms with Crippen LogP contribution >= 0.6 is 12.1 Å². The average molecular weight is 766 g/mol. The molecule has 3 N–H and O–H groups in total. The molecule has 1 unspecified atom stereocenters. The van der Waals surface area contributed by atoms with Gasteiger partial charge >= 0.3 is 18.5 Å². The average Bonchev–Trinajstić information content (AvgIpc) is 3.13. The molecule has 0 aromatic carbocycles. The fourth-order valence-corrected chi connectivity index (χ4v) is 4.31. The maximum Gasteiger partial charge on any atom is 0.435 e. The number of alkyl halides is 9. The zero-order chi connectivity index (χ0) is 37.5. The summed E-state index contributed by atoms with van der Waals surface area (Å²) >= 11 is 0.250. The second-order valence-electron chi connectivity index (χ2n) is 10.4. The third kappa shape index (κ3) is 14.3. The second-order valence-corrected chi connectivity index (χ2v) is 10.7. The molecule has 0 spiro atoms. The number of morpholine rings is 3. The van der Waals surface area contributed by atoms with Crippen molar-refractivity contribution >= 4 is 12.1 Å². The first-order chi connectivity index (χ1) is 24.1. The van der Waals surface area contributed by atoms with Gasteiger partial charge in [-0.1, -0.05) is 0 Å². The van der Waals surface area contributed by atoms with Crippen molar-refractivity contribution < 1.29 is 57.6 Å². The molecule has 51 heavy (non-hydrogen) atoms. The smallest absolute Gasteiger partial charge is 0.378 e. The van der Waals surface area contributed by atoms with Crippen molar-refractivity contribution in [2.75, 3.05) is 65.5 Å². The monoisotopic (exact) mass is 765 g/mol. The van der Waals surface area contributed by atoms with Crippen LogP contribution < -0.4 is 16.0 Å². The van der Waals surface area contributed by atoms with Gasteiger partial charge in [-0.2, -0.15) is 58.7 Å². The predicted octanol–water partition coefficient (Wildman–Crippen LogP) is 4.70. The molecule has 0 radical (unpaired) electrons. The first kappa shape index (κ1) is 42.1. The van der Waals surface area contributed by atoms with Crippen molar-refractivity contribution in [1.29, 1.82) is 0 Å². The zero-order valence-electron chi connectivity index (χ0n) is 26.7. The number of hydrogen-bond donors (Lipinski definition) is 3. The molecule has 3 fully saturated rings. The number of nitrogens with zero attached hydrogens (tertiary/aromatic N) is 6. The van der Waals surface area contributed by atoms with Crippen molar-refractivity contribution in [1.82, 2.24) is 46.5 Å². The molecule has 284 valence electrons. The van der Waals surface area contributed by atoms with E-state index in [9.17, 15) is 43.4 Å². The zero-order valence-corrected chi connectivity index (χ0v) is 27.5. The van der Waals surface area contributed by atoms with Crippen molar-refractivity contribution in [3.8, 4) is 0 Å². The molecule has 0 saturated carbocycles. The number of aromatic nitrogens is 6. The molecule has 12 nitrogen and oxygen atoms in total. The highest BCUT2D eigenvalue weighted by Gasteiger charge is 2.35. The van der Waals surface area contributed by atoms with Gasteiger partial charge in [-0.15, -0.1) is 15.3 Å². The Labute approximate surface area is 289 Å². The van der Waals surface area contributed by atoms with E-state index in [1.165, 1.54) is 24.5 Å². The van der Waals surface area contributed by atoms with Crippen LogP contribution in [0.25, 0.3) is 0 Å². The molecule has 3 aromatic heterocycles. The molecule has 3 atom stereocenters. The number of ether oxygens (including phenoxy) is 3. The Kier molecular flexibility index (Phi) is 16.5. The van der Waals surface area contributed by atoms with E-state index >= 15 is 0 Å². The van der Waals surface area contributed by atoms with Crippen LogP contribution in [0.15, 0.2) is 36.4 Å². The fraction of sp³-hybridized carbons (Fsp3) is 0.571. The van der Waals surface area contributed by atoms with Crippen molar-refractivity contribution in [3.63, 3.8) is 0 Å². The van der Waals surface area contributed by atoms with Gasteiger partial charge in [0.2, 0.25) is 0 Å². The minimum Gasteiger partial charge on any atom is -0.378 e. The first-order valence-corrected chi connectivity index (χ1v) is 16.1. The first-order valence-electron chi connectivity index (χ1n) is 14.9. The SMILES string of the molecule is CSF.FC(F)(F)c1ccc(C2COCCN2)nn1.FC(F)(F)c1ccc([C@@H]2COCCN2)nn1.FC(F)(F)c1ccc([C@H]2COCCN2)nn1. The Morgan fingerprint density at radius 1 is 0.510 bits per heavy atom. The highest BCUT2D eigenvalue weighted by Crippen LogP contribution is 2.29. The lowest BCUT2D eigenvalue weighted by Gasteiger charge is -2.22. The molecule has 0 bridgehead atoms. The van der Waals surface area contributed by atoms with Crippen molar-refractivity contribution in [2.24, 2.45) is 0 Å². The largest absolute Gasteiger partial charge is 0.435 e. The van der Waals surface area contributed by atoms with Gasteiger partial charge in [0.1, 0.15) is 0 Å². The normalized spacial score (nSPS) is 21.1. The van der Waals surface area contributed by atoms with Gasteiger partial charge < -0.3 is 30.2 Å². The van der Waals surface area contributed by atoms with Gasteiger partial charge in [0, 0.05) is 38.0 Å². The summed E-state index contributed by atoms with van der Waals surface area (Å²) in [6, 6.07) is 6.22. The second kappa shape index (κ2) is 20.0. The van der Waals surface area contributed by atoms with Gasteiger partial charge in [-0.25, -0.2) is 0 Å². The Balaban J connectivity index is 0.000000199. The quantitative estimate of drug-likeness (QED) is 0.318. The molecular weight excluding hydrogens is 732 g/mol. The third-order valence-electron chi connectivity index (χ3n) is 6.76. The molecule has 6 rings (SSSR count). The standard InChI is InChI=1S/3C9H10F3N3O.CH3FS/c3*10-9(11,12)8-2-1-6(14-15-8)7-5-16-4-3-13-7;1-3-2/h3*1-2,7,13H,3-5H2;1H3/t2*7-;;/m10../s1. The summed E-state index contributed by atoms with van der Waals surface area (Å²) < 4.78 is 136. The topological polar surface area (TPSA) is 141 Å². The van der Waals surface area contributed by atoms with Crippen molar-refractivity contribution in [2.45, 2.75) is 36.7 Å². The molecule has 0 amide bonds. The summed E-state index contributed by atoms with van der Waals surface area (Å²) in [5.74, 6) is 0. The molecule has 6 heterocycles. The highest BCUT2D eigenvalue weighted by atomic mass is 32.2. The molecule has 3 saturated heterocycles. The van der Waals surface area contributed by atoms with Crippen molar-refractivity contribution in [3.05, 3.63) is 70.6 Å². The van der Waals surface area contributed by atoms with Gasteiger partial charge in [0.15, 0.2) is 17.1 Å². The predicted molar refractivity (Wildman–Crippen MR) is 160 cm³/mol. The summed E-state index contributed by atoms with van der Waals surface area (Å²) in [4.78, 5) is 0. The van der Waals surface area contributed by atoms with E-state index in [-0.39, 0.29) is 30.3 Å². The van der Waals surface area contributed by atoms with E-state index in [4.69, 9.17) is 14.2 Å². The van der Waals surface area contributed by atoms with E-state index in [2.05, 4.69) is 46.5 Å². The number of halogens is 10. The number of hydrogen-bond acceptors (Lipinski definition) is 13. The van der Waals surface area contributed by atoms with E-state index in [0.29, 0.717) is 76.4 Å². The summed E-state index contributed by atoms with van der Waals surface area (Å²) in [5.41, 5.74) is -1.54. The molecule has 3 aromatic rings. The van der Waals surface area contributed by atoms with Crippen LogP contribution in [-0.2, 0) is 32.7 Å². The van der Waals surface area contributed by atoms with Gasteiger partial charge in [0.05, 0.1) is 74.8 Å². The van der Waals surface area contributed by atoms with E-state index in [1.54, 1.807) is 0 Å². The third-order valence-corrected chi connectivity index (χ3v) is 6.76. The molecule has 3 aliphatic rings. The van der Waals surface area contributed by atoms with Gasteiger partial charge in [-0.05, 0) is 36.4 Å². The summed E-state index contributed by atoms with van der Waals surface area (Å²) in [5, 5.41) is 29.4. The Hall–Kier alpha value is -3.35. The lowest BCUT2D eigenvalue weighted by molar-refractivity contribution is -0.142. The van der Waals surface area contributed by atoms with Crippen LogP contribution in [0.5, 0.6) is 0 Å². The molecule has 23 heteroatoms. The van der Waals surface area contributed by atoms with Crippen LogP contribution in [0.2, 0.25) is 0 Å². The van der Waals surface area contributed by atoms with E-state index < -0.39 is 35.6 Å². The molecular formula is C28H33F10N9O3S. The van der Waals surface area contributed by atoms with E-state index in [1.807, 2.05) is 0 Å². The summed E-state index contributed by atoms with van der Waals surface area (Å²) in [6.45, 7) is 4.99. The Morgan fingerprint density at radius 3 is 0.922 bits per heavy atom. The lowest BCUT2D eigenvalue weighted by Crippen LogP contribution is -2.35. The van der Waals surface area contributed by atoms with Gasteiger partial charge in [0.25, 0.3) is 0 Å². The van der Waals surface area contributed by atoms with Crippen LogP contribution in [-0.4, -0.2) is 96.1 Å². The van der Waals surface area contributed by atoms with Crippen LogP contribution in [0.1, 0.15) is 52.3 Å². The van der Waals surface area contributed by atoms with Crippen LogP contribution in [0.4, 0.5) is 43.4 Å². The number of rotatable bonds is 3. The van der Waals surface area contributed by atoms with E-state index in [0.717, 1.165) is 18.2 Å². The summed E-state index contributed by atoms with van der Waals surface area (Å²) in [7, 11) is 0. The minimum atomic E-state index is -4.44. The number of nitrogens with one attached hydrogen (secondary N) is 3. The summed E-state index contributed by atoms with van der Waals surface area (Å²) in [6.07, 6.45) is -12.0. The van der Waals surface area contributed by atoms with Crippen LogP contribution in [0, 0.1) is 0 Å². The Bertz CT molecular complexity index is 1230. The van der Waals surface area contributed by atoms with Gasteiger partial charge in [-0.3, -0.25) is 0 Å². The Morgan fingerprint density at radius 2 is 0.765 bits per heavy atom. The maximum atomic E-state index is 12.2. The fourth-order valence-electron chi connectivity index (χ4n) is 4.31. The highest BCUT2D eigenvalue weighted by molar-refractivity contribution is 7.93. The maximum absolute atomic E-state index is 12.2. The molecule has 0 aliphatic carbocycles. The minimum absolute atomic E-state index is 0.177. The van der Waals surface area contributed by atoms with Crippen LogP contribution in [0.3, 0.4) is 0 Å². The molecule has 3 aliphatic heterocycles.